The van der Waals surface area contributed by atoms with E-state index in [0.717, 1.165) is 49.0 Å². The van der Waals surface area contributed by atoms with Crippen molar-refractivity contribution < 1.29 is 9.84 Å². The van der Waals surface area contributed by atoms with Gasteiger partial charge in [-0.05, 0) is 25.0 Å². The number of fused-ring (bicyclic) bond motifs is 3. The van der Waals surface area contributed by atoms with Crippen LogP contribution in [0.4, 0.5) is 5.82 Å². The van der Waals surface area contributed by atoms with Gasteiger partial charge in [-0.1, -0.05) is 31.5 Å². The number of aliphatic hydroxyl groups excluding tert-OH is 1. The Bertz CT molecular complexity index is 779. The van der Waals surface area contributed by atoms with E-state index in [9.17, 15) is 5.11 Å². The second-order valence-electron chi connectivity index (χ2n) is 7.29. The fourth-order valence-corrected chi connectivity index (χ4v) is 4.20. The Morgan fingerprint density at radius 3 is 2.96 bits per heavy atom. The first-order chi connectivity index (χ1) is 12.1. The van der Waals surface area contributed by atoms with Crippen LogP contribution in [0.2, 0.25) is 0 Å². The molecule has 0 radical (unpaired) electrons. The van der Waals surface area contributed by atoms with Crippen LogP contribution < -0.4 is 9.64 Å². The summed E-state index contributed by atoms with van der Waals surface area (Å²) in [5.74, 6) is 2.98. The highest BCUT2D eigenvalue weighted by Crippen LogP contribution is 2.49. The van der Waals surface area contributed by atoms with Gasteiger partial charge in [-0.3, -0.25) is 0 Å². The van der Waals surface area contributed by atoms with Crippen molar-refractivity contribution in [1.82, 2.24) is 9.97 Å². The van der Waals surface area contributed by atoms with E-state index in [1.807, 2.05) is 25.1 Å². The summed E-state index contributed by atoms with van der Waals surface area (Å²) in [6.45, 7) is 6.39. The Morgan fingerprint density at radius 2 is 2.16 bits per heavy atom. The lowest BCUT2D eigenvalue weighted by Crippen LogP contribution is -2.42. The normalized spacial score (nSPS) is 24.6. The average molecular weight is 339 g/mol. The fraction of sp³-hybridized carbons (Fsp3) is 0.500. The molecule has 0 amide bonds. The highest BCUT2D eigenvalue weighted by molar-refractivity contribution is 5.49. The lowest BCUT2D eigenvalue weighted by atomic mass is 9.74. The first-order valence-corrected chi connectivity index (χ1v) is 9.07. The molecule has 2 aliphatic rings. The summed E-state index contributed by atoms with van der Waals surface area (Å²) in [4.78, 5) is 11.5. The van der Waals surface area contributed by atoms with E-state index in [0.29, 0.717) is 6.61 Å². The van der Waals surface area contributed by atoms with E-state index in [1.54, 1.807) is 0 Å². The van der Waals surface area contributed by atoms with E-state index in [4.69, 9.17) is 4.74 Å². The van der Waals surface area contributed by atoms with Gasteiger partial charge in [0, 0.05) is 30.8 Å². The van der Waals surface area contributed by atoms with Gasteiger partial charge in [-0.25, -0.2) is 9.97 Å². The maximum atomic E-state index is 10.2. The van der Waals surface area contributed by atoms with E-state index in [1.165, 1.54) is 5.56 Å². The summed E-state index contributed by atoms with van der Waals surface area (Å²) in [5.41, 5.74) is 2.03. The molecule has 2 aromatic rings. The smallest absolute Gasteiger partial charge is 0.132 e. The number of hydrogen-bond acceptors (Lipinski definition) is 5. The third-order valence-electron chi connectivity index (χ3n) is 5.48. The highest BCUT2D eigenvalue weighted by Gasteiger charge is 2.51. The molecule has 1 N–H and O–H groups in total. The van der Waals surface area contributed by atoms with Crippen molar-refractivity contribution in [2.75, 3.05) is 31.2 Å². The molecule has 1 fully saturated rings. The molecular weight excluding hydrogens is 314 g/mol. The molecule has 5 nitrogen and oxygen atoms in total. The zero-order valence-electron chi connectivity index (χ0n) is 14.9. The van der Waals surface area contributed by atoms with Crippen molar-refractivity contribution in [3.8, 4) is 5.75 Å². The van der Waals surface area contributed by atoms with Crippen LogP contribution in [0, 0.1) is 12.3 Å². The summed E-state index contributed by atoms with van der Waals surface area (Å²) in [6.07, 6.45) is 2.03. The van der Waals surface area contributed by atoms with Crippen LogP contribution in [-0.4, -0.2) is 41.4 Å². The molecule has 0 unspecified atom stereocenters. The van der Waals surface area contributed by atoms with Gasteiger partial charge < -0.3 is 14.7 Å². The summed E-state index contributed by atoms with van der Waals surface area (Å²) >= 11 is 0. The fourth-order valence-electron chi connectivity index (χ4n) is 4.20. The molecular formula is C20H25N3O2. The molecule has 1 saturated heterocycles. The monoisotopic (exact) mass is 339 g/mol. The van der Waals surface area contributed by atoms with Crippen molar-refractivity contribution in [3.05, 3.63) is 47.4 Å². The van der Waals surface area contributed by atoms with E-state index in [2.05, 4.69) is 33.9 Å². The van der Waals surface area contributed by atoms with Gasteiger partial charge in [-0.15, -0.1) is 0 Å². The van der Waals surface area contributed by atoms with Gasteiger partial charge in [0.2, 0.25) is 0 Å². The Labute approximate surface area is 148 Å². The van der Waals surface area contributed by atoms with E-state index < -0.39 is 0 Å². The van der Waals surface area contributed by atoms with Crippen LogP contribution in [0.5, 0.6) is 5.75 Å². The molecule has 0 saturated carbocycles. The molecule has 1 aromatic carbocycles. The van der Waals surface area contributed by atoms with Gasteiger partial charge in [0.25, 0.3) is 0 Å². The van der Waals surface area contributed by atoms with Crippen LogP contribution in [0.3, 0.4) is 0 Å². The SMILES string of the molecule is CCCc1cc(N2C[C@@H]3c4ccccc4OC[C@]3(CO)C2)nc(C)n1. The molecule has 5 heteroatoms. The molecule has 3 heterocycles. The number of para-hydroxylation sites is 1. The highest BCUT2D eigenvalue weighted by atomic mass is 16.5. The summed E-state index contributed by atoms with van der Waals surface area (Å²) in [6, 6.07) is 10.3. The summed E-state index contributed by atoms with van der Waals surface area (Å²) < 4.78 is 5.98. The second-order valence-corrected chi connectivity index (χ2v) is 7.29. The molecule has 1 aromatic heterocycles. The molecule has 132 valence electrons. The molecule has 2 aliphatic heterocycles. The number of hydrogen-bond donors (Lipinski definition) is 1. The standard InChI is InChI=1S/C20H25N3O2/c1-3-6-15-9-19(22-14(2)21-15)23-10-17-16-7-4-5-8-18(16)25-13-20(17,11-23)12-24/h4-5,7-9,17,24H,3,6,10-13H2,1-2H3/t17-,20-/m1/s1. The number of ether oxygens (including phenoxy) is 1. The number of aliphatic hydroxyl groups is 1. The first kappa shape index (κ1) is 16.3. The van der Waals surface area contributed by atoms with E-state index in [-0.39, 0.29) is 17.9 Å². The minimum absolute atomic E-state index is 0.119. The minimum Gasteiger partial charge on any atom is -0.493 e. The van der Waals surface area contributed by atoms with Crippen LogP contribution in [-0.2, 0) is 6.42 Å². The molecule has 25 heavy (non-hydrogen) atoms. The summed E-state index contributed by atoms with van der Waals surface area (Å²) in [7, 11) is 0. The predicted octanol–water partition coefficient (Wildman–Crippen LogP) is 2.71. The van der Waals surface area contributed by atoms with Crippen LogP contribution in [0.1, 0.15) is 36.3 Å². The quantitative estimate of drug-likeness (QED) is 0.928. The number of aromatic nitrogens is 2. The van der Waals surface area contributed by atoms with Gasteiger partial charge in [-0.2, -0.15) is 0 Å². The van der Waals surface area contributed by atoms with Gasteiger partial charge in [0.15, 0.2) is 0 Å². The topological polar surface area (TPSA) is 58.5 Å². The second kappa shape index (κ2) is 6.30. The maximum Gasteiger partial charge on any atom is 0.132 e. The van der Waals surface area contributed by atoms with Crippen LogP contribution >= 0.6 is 0 Å². The Balaban J connectivity index is 1.69. The molecule has 0 aliphatic carbocycles. The van der Waals surface area contributed by atoms with Crippen LogP contribution in [0.25, 0.3) is 0 Å². The third kappa shape index (κ3) is 2.76. The average Bonchev–Trinajstić information content (AvgIpc) is 3.02. The van der Waals surface area contributed by atoms with Gasteiger partial charge >= 0.3 is 0 Å². The summed E-state index contributed by atoms with van der Waals surface area (Å²) in [5, 5.41) is 10.2. The largest absolute Gasteiger partial charge is 0.493 e. The Kier molecular flexibility index (Phi) is 4.12. The van der Waals surface area contributed by atoms with Crippen LogP contribution in [0.15, 0.2) is 30.3 Å². The van der Waals surface area contributed by atoms with E-state index >= 15 is 0 Å². The van der Waals surface area contributed by atoms with Gasteiger partial charge in [0.1, 0.15) is 17.4 Å². The number of rotatable bonds is 4. The Morgan fingerprint density at radius 1 is 1.32 bits per heavy atom. The zero-order chi connectivity index (χ0) is 17.4. The molecule has 2 atom stereocenters. The number of nitrogens with zero attached hydrogens (tertiary/aromatic N) is 3. The molecule has 4 rings (SSSR count). The Hall–Kier alpha value is -2.14. The zero-order valence-corrected chi connectivity index (χ0v) is 14.9. The lowest BCUT2D eigenvalue weighted by molar-refractivity contribution is 0.0535. The van der Waals surface area contributed by atoms with Crippen molar-refractivity contribution in [2.24, 2.45) is 5.41 Å². The van der Waals surface area contributed by atoms with Gasteiger partial charge in [0.05, 0.1) is 18.6 Å². The first-order valence-electron chi connectivity index (χ1n) is 9.07. The number of anilines is 1. The van der Waals surface area contributed by atoms with Crippen molar-refractivity contribution in [2.45, 2.75) is 32.6 Å². The van der Waals surface area contributed by atoms with Crippen molar-refractivity contribution in [3.63, 3.8) is 0 Å². The molecule has 0 bridgehead atoms. The predicted molar refractivity (Wildman–Crippen MR) is 97.2 cm³/mol. The maximum absolute atomic E-state index is 10.2. The lowest BCUT2D eigenvalue weighted by Gasteiger charge is -2.37. The van der Waals surface area contributed by atoms with Crippen molar-refractivity contribution >= 4 is 5.82 Å². The number of aryl methyl sites for hydroxylation is 2. The number of benzene rings is 1. The van der Waals surface area contributed by atoms with Crippen molar-refractivity contribution in [1.29, 1.82) is 0 Å². The minimum atomic E-state index is -0.266. The third-order valence-corrected chi connectivity index (χ3v) is 5.48. The molecule has 0 spiro atoms.